The van der Waals surface area contributed by atoms with Crippen molar-refractivity contribution in [2.75, 3.05) is 18.8 Å². The van der Waals surface area contributed by atoms with Gasteiger partial charge in [-0.15, -0.1) is 0 Å². The van der Waals surface area contributed by atoms with Crippen molar-refractivity contribution in [2.24, 2.45) is 0 Å². The summed E-state index contributed by atoms with van der Waals surface area (Å²) in [5.41, 5.74) is -0.862. The first kappa shape index (κ1) is 17.8. The van der Waals surface area contributed by atoms with Crippen LogP contribution in [0.2, 0.25) is 0 Å². The number of hydrogen-bond acceptors (Lipinski definition) is 3. The van der Waals surface area contributed by atoms with E-state index in [1.807, 2.05) is 0 Å². The zero-order chi connectivity index (χ0) is 17.1. The molecule has 23 heavy (non-hydrogen) atoms. The second-order valence-electron chi connectivity index (χ2n) is 5.67. The number of piperidine rings is 1. The van der Waals surface area contributed by atoms with E-state index in [9.17, 15) is 26.4 Å². The molecular formula is C15H18F3NO3S. The zero-order valence-electron chi connectivity index (χ0n) is 12.5. The second-order valence-corrected chi connectivity index (χ2v) is 7.74. The first-order chi connectivity index (χ1) is 10.7. The molecule has 1 heterocycles. The van der Waals surface area contributed by atoms with Gasteiger partial charge in [-0.1, -0.05) is 18.2 Å². The first-order valence-corrected chi connectivity index (χ1v) is 9.14. The molecule has 0 spiro atoms. The molecule has 1 amide bonds. The van der Waals surface area contributed by atoms with Crippen molar-refractivity contribution >= 4 is 15.7 Å². The number of benzene rings is 1. The van der Waals surface area contributed by atoms with E-state index in [0.717, 1.165) is 31.4 Å². The first-order valence-electron chi connectivity index (χ1n) is 7.32. The number of halogens is 3. The number of hydrogen-bond donors (Lipinski definition) is 0. The van der Waals surface area contributed by atoms with E-state index in [4.69, 9.17) is 0 Å². The summed E-state index contributed by atoms with van der Waals surface area (Å²) < 4.78 is 62.1. The van der Waals surface area contributed by atoms with Gasteiger partial charge in [0.25, 0.3) is 0 Å². The third kappa shape index (κ3) is 5.23. The van der Waals surface area contributed by atoms with E-state index < -0.39 is 39.0 Å². The largest absolute Gasteiger partial charge is 0.416 e. The van der Waals surface area contributed by atoms with Crippen LogP contribution in [0.5, 0.6) is 0 Å². The van der Waals surface area contributed by atoms with E-state index in [-0.39, 0.29) is 5.56 Å². The minimum atomic E-state index is -4.52. The van der Waals surface area contributed by atoms with Crippen LogP contribution in [-0.4, -0.2) is 38.1 Å². The van der Waals surface area contributed by atoms with Gasteiger partial charge in [-0.2, -0.15) is 13.2 Å². The maximum Gasteiger partial charge on any atom is 0.416 e. The van der Waals surface area contributed by atoms with Gasteiger partial charge in [-0.3, -0.25) is 4.79 Å². The molecule has 0 bridgehead atoms. The number of carbonyl (C=O) groups is 1. The number of rotatable bonds is 4. The van der Waals surface area contributed by atoms with E-state index in [1.165, 1.54) is 17.0 Å². The van der Waals surface area contributed by atoms with Gasteiger partial charge in [0.05, 0.1) is 11.3 Å². The lowest BCUT2D eigenvalue weighted by Gasteiger charge is -2.26. The highest BCUT2D eigenvalue weighted by Crippen LogP contribution is 2.29. The fraction of sp³-hybridized carbons (Fsp3) is 0.533. The third-order valence-corrected chi connectivity index (χ3v) is 5.15. The normalized spacial score (nSPS) is 16.4. The molecule has 0 aliphatic carbocycles. The van der Waals surface area contributed by atoms with Crippen LogP contribution in [0, 0.1) is 0 Å². The van der Waals surface area contributed by atoms with E-state index >= 15 is 0 Å². The molecule has 1 aliphatic rings. The van der Waals surface area contributed by atoms with Crippen LogP contribution in [-0.2, 0) is 26.6 Å². The predicted molar refractivity (Wildman–Crippen MR) is 79.4 cm³/mol. The molecule has 0 saturated carbocycles. The Bertz CT molecular complexity index is 665. The molecule has 1 aromatic rings. The van der Waals surface area contributed by atoms with Crippen LogP contribution in [0.4, 0.5) is 13.2 Å². The van der Waals surface area contributed by atoms with Gasteiger partial charge in [0.2, 0.25) is 5.91 Å². The molecule has 1 aliphatic heterocycles. The Morgan fingerprint density at radius 2 is 1.78 bits per heavy atom. The Hall–Kier alpha value is -1.57. The molecule has 0 N–H and O–H groups in total. The van der Waals surface area contributed by atoms with Crippen LogP contribution >= 0.6 is 0 Å². The number of nitrogens with zero attached hydrogens (tertiary/aromatic N) is 1. The molecule has 1 fully saturated rings. The highest BCUT2D eigenvalue weighted by Gasteiger charge is 2.31. The van der Waals surface area contributed by atoms with Gasteiger partial charge in [-0.05, 0) is 30.9 Å². The SMILES string of the molecule is O=C(CS(=O)(=O)Cc1cccc(C(F)(F)F)c1)N1CCCCC1. The lowest BCUT2D eigenvalue weighted by molar-refractivity contribution is -0.137. The average molecular weight is 349 g/mol. The molecular weight excluding hydrogens is 331 g/mol. The van der Waals surface area contributed by atoms with E-state index in [1.54, 1.807) is 0 Å². The standard InChI is InChI=1S/C15H18F3NO3S/c16-15(17,18)13-6-4-5-12(9-13)10-23(21,22)11-14(20)19-7-2-1-3-8-19/h4-6,9H,1-3,7-8,10-11H2. The minimum absolute atomic E-state index is 0.0336. The summed E-state index contributed by atoms with van der Waals surface area (Å²) in [7, 11) is -3.80. The molecule has 0 radical (unpaired) electrons. The van der Waals surface area contributed by atoms with Crippen molar-refractivity contribution < 1.29 is 26.4 Å². The fourth-order valence-electron chi connectivity index (χ4n) is 2.57. The molecule has 1 aromatic carbocycles. The molecule has 1 saturated heterocycles. The van der Waals surface area contributed by atoms with Crippen LogP contribution < -0.4 is 0 Å². The molecule has 128 valence electrons. The van der Waals surface area contributed by atoms with Gasteiger partial charge >= 0.3 is 6.18 Å². The van der Waals surface area contributed by atoms with Gasteiger partial charge < -0.3 is 4.90 Å². The number of alkyl halides is 3. The van der Waals surface area contributed by atoms with Crippen molar-refractivity contribution in [1.82, 2.24) is 4.90 Å². The Balaban J connectivity index is 2.04. The predicted octanol–water partition coefficient (Wildman–Crippen LogP) is 2.63. The molecule has 0 atom stereocenters. The number of likely N-dealkylation sites (tertiary alicyclic amines) is 1. The summed E-state index contributed by atoms with van der Waals surface area (Å²) in [4.78, 5) is 13.5. The maximum absolute atomic E-state index is 12.6. The molecule has 8 heteroatoms. The summed E-state index contributed by atoms with van der Waals surface area (Å²) in [6.07, 6.45) is -1.82. The summed E-state index contributed by atoms with van der Waals surface area (Å²) in [5, 5.41) is 0. The number of sulfone groups is 1. The molecule has 0 aromatic heterocycles. The van der Waals surface area contributed by atoms with Crippen molar-refractivity contribution in [3.05, 3.63) is 35.4 Å². The van der Waals surface area contributed by atoms with Crippen LogP contribution in [0.25, 0.3) is 0 Å². The van der Waals surface area contributed by atoms with Crippen molar-refractivity contribution in [1.29, 1.82) is 0 Å². The lowest BCUT2D eigenvalue weighted by atomic mass is 10.1. The van der Waals surface area contributed by atoms with Crippen LogP contribution in [0.1, 0.15) is 30.4 Å². The Morgan fingerprint density at radius 1 is 1.13 bits per heavy atom. The van der Waals surface area contributed by atoms with Gasteiger partial charge in [0.1, 0.15) is 5.75 Å². The maximum atomic E-state index is 12.6. The Morgan fingerprint density at radius 3 is 2.39 bits per heavy atom. The highest BCUT2D eigenvalue weighted by molar-refractivity contribution is 7.91. The lowest BCUT2D eigenvalue weighted by Crippen LogP contribution is -2.39. The quantitative estimate of drug-likeness (QED) is 0.840. The molecule has 4 nitrogen and oxygen atoms in total. The van der Waals surface area contributed by atoms with E-state index in [0.29, 0.717) is 13.1 Å². The topological polar surface area (TPSA) is 54.5 Å². The van der Waals surface area contributed by atoms with Crippen molar-refractivity contribution in [3.63, 3.8) is 0 Å². The van der Waals surface area contributed by atoms with Crippen LogP contribution in [0.15, 0.2) is 24.3 Å². The Labute approximate surface area is 133 Å². The number of amides is 1. The smallest absolute Gasteiger partial charge is 0.342 e. The highest BCUT2D eigenvalue weighted by atomic mass is 32.2. The summed E-state index contributed by atoms with van der Waals surface area (Å²) in [6.45, 7) is 1.08. The van der Waals surface area contributed by atoms with Crippen molar-refractivity contribution in [2.45, 2.75) is 31.2 Å². The van der Waals surface area contributed by atoms with Gasteiger partial charge in [-0.25, -0.2) is 8.42 Å². The van der Waals surface area contributed by atoms with Crippen LogP contribution in [0.3, 0.4) is 0 Å². The minimum Gasteiger partial charge on any atom is -0.342 e. The van der Waals surface area contributed by atoms with Gasteiger partial charge in [0, 0.05) is 13.1 Å². The average Bonchev–Trinajstić information content (AvgIpc) is 2.46. The van der Waals surface area contributed by atoms with Gasteiger partial charge in [0.15, 0.2) is 9.84 Å². The fourth-order valence-corrected chi connectivity index (χ4v) is 3.91. The third-order valence-electron chi connectivity index (χ3n) is 3.69. The van der Waals surface area contributed by atoms with E-state index in [2.05, 4.69) is 0 Å². The molecule has 2 rings (SSSR count). The monoisotopic (exact) mass is 349 g/mol. The summed E-state index contributed by atoms with van der Waals surface area (Å²) >= 11 is 0. The second kappa shape index (κ2) is 6.90. The molecule has 0 unspecified atom stereocenters. The summed E-state index contributed by atoms with van der Waals surface area (Å²) in [5.74, 6) is -1.71. The summed E-state index contributed by atoms with van der Waals surface area (Å²) in [6, 6.07) is 4.18. The van der Waals surface area contributed by atoms with Crippen molar-refractivity contribution in [3.8, 4) is 0 Å². The Kier molecular flexibility index (Phi) is 5.33. The zero-order valence-corrected chi connectivity index (χ0v) is 13.3. The number of carbonyl (C=O) groups excluding carboxylic acids is 1.